The Bertz CT molecular complexity index is 1770. The van der Waals surface area contributed by atoms with E-state index in [-0.39, 0.29) is 5.92 Å². The third kappa shape index (κ3) is 3.21. The van der Waals surface area contributed by atoms with Crippen molar-refractivity contribution in [1.29, 1.82) is 0 Å². The first-order valence-corrected chi connectivity index (χ1v) is 12.8. The fourth-order valence-corrected chi connectivity index (χ4v) is 5.66. The summed E-state index contributed by atoms with van der Waals surface area (Å²) in [5, 5.41) is 1.10. The highest BCUT2D eigenvalue weighted by atomic mass is 16.3. The Morgan fingerprint density at radius 3 is 2.39 bits per heavy atom. The van der Waals surface area contributed by atoms with Crippen LogP contribution in [0.15, 0.2) is 77.3 Å². The first-order chi connectivity index (χ1) is 17.4. The fraction of sp³-hybridized carbons (Fsp3) is 0.250. The number of aryl methyl sites for hydroxylation is 2. The first kappa shape index (κ1) is 22.5. The van der Waals surface area contributed by atoms with Gasteiger partial charge in [-0.15, -0.1) is 0 Å². The smallest absolute Gasteiger partial charge is 0.295 e. The summed E-state index contributed by atoms with van der Waals surface area (Å²) >= 11 is 0. The predicted molar refractivity (Wildman–Crippen MR) is 148 cm³/mol. The molecule has 0 aliphatic rings. The maximum absolute atomic E-state index is 6.55. The van der Waals surface area contributed by atoms with Crippen molar-refractivity contribution in [2.75, 3.05) is 0 Å². The lowest BCUT2D eigenvalue weighted by Gasteiger charge is -2.19. The number of hydrogen-bond acceptors (Lipinski definition) is 2. The summed E-state index contributed by atoms with van der Waals surface area (Å²) in [7, 11) is 2.17. The van der Waals surface area contributed by atoms with Crippen LogP contribution < -0.4 is 4.57 Å². The molecule has 0 aliphatic carbocycles. The van der Waals surface area contributed by atoms with Gasteiger partial charge in [-0.3, -0.25) is 4.98 Å². The fourth-order valence-electron chi connectivity index (χ4n) is 5.66. The largest absolute Gasteiger partial charge is 0.454 e. The number of hydrogen-bond donors (Lipinski definition) is 0. The molecule has 3 aromatic heterocycles. The zero-order chi connectivity index (χ0) is 25.1. The summed E-state index contributed by atoms with van der Waals surface area (Å²) in [4.78, 5) is 4.70. The van der Waals surface area contributed by atoms with E-state index in [1.54, 1.807) is 0 Å². The van der Waals surface area contributed by atoms with Crippen molar-refractivity contribution in [2.24, 2.45) is 7.05 Å². The maximum Gasteiger partial charge on any atom is 0.295 e. The second-order valence-corrected chi connectivity index (χ2v) is 10.4. The van der Waals surface area contributed by atoms with E-state index in [1.807, 2.05) is 18.3 Å². The molecular weight excluding hydrogens is 442 g/mol. The number of rotatable bonds is 4. The summed E-state index contributed by atoms with van der Waals surface area (Å²) in [5.41, 5.74) is 11.3. The topological polar surface area (TPSA) is 34.8 Å². The monoisotopic (exact) mass is 474 g/mol. The van der Waals surface area contributed by atoms with Crippen LogP contribution in [-0.4, -0.2) is 9.55 Å². The van der Waals surface area contributed by atoms with Crippen molar-refractivity contribution < 1.29 is 8.98 Å². The minimum absolute atomic E-state index is 0.248. The molecule has 0 aliphatic heterocycles. The molecule has 3 heterocycles. The minimum Gasteiger partial charge on any atom is -0.454 e. The van der Waals surface area contributed by atoms with Gasteiger partial charge in [-0.1, -0.05) is 58.0 Å². The van der Waals surface area contributed by atoms with E-state index in [0.717, 1.165) is 22.1 Å². The van der Waals surface area contributed by atoms with E-state index < -0.39 is 0 Å². The van der Waals surface area contributed by atoms with Gasteiger partial charge in [0, 0.05) is 22.7 Å². The van der Waals surface area contributed by atoms with Crippen LogP contribution in [0.5, 0.6) is 0 Å². The number of benzene rings is 3. The summed E-state index contributed by atoms with van der Waals surface area (Å²) in [6, 6.07) is 23.6. The Morgan fingerprint density at radius 1 is 0.889 bits per heavy atom. The second kappa shape index (κ2) is 8.34. The molecule has 0 bridgehead atoms. The number of fused-ring (bicyclic) bond motifs is 4. The van der Waals surface area contributed by atoms with Gasteiger partial charge in [0.05, 0.1) is 12.6 Å². The van der Waals surface area contributed by atoms with E-state index in [2.05, 4.69) is 105 Å². The van der Waals surface area contributed by atoms with Crippen LogP contribution in [0.25, 0.3) is 50.2 Å². The van der Waals surface area contributed by atoms with Crippen molar-refractivity contribution in [1.82, 2.24) is 9.55 Å². The van der Waals surface area contributed by atoms with Crippen LogP contribution in [0.4, 0.5) is 0 Å². The molecule has 3 aromatic carbocycles. The Morgan fingerprint density at radius 2 is 1.64 bits per heavy atom. The van der Waals surface area contributed by atoms with Gasteiger partial charge in [0.25, 0.3) is 5.82 Å². The maximum atomic E-state index is 6.55. The highest BCUT2D eigenvalue weighted by Gasteiger charge is 2.33. The van der Waals surface area contributed by atoms with Crippen LogP contribution in [0.3, 0.4) is 0 Å². The molecule has 0 spiro atoms. The van der Waals surface area contributed by atoms with E-state index in [4.69, 9.17) is 9.40 Å². The van der Waals surface area contributed by atoms with E-state index in [9.17, 15) is 0 Å². The lowest BCUT2D eigenvalue weighted by atomic mass is 9.90. The Kier molecular flexibility index (Phi) is 5.22. The molecule has 0 amide bonds. The predicted octanol–water partition coefficient (Wildman–Crippen LogP) is 7.97. The van der Waals surface area contributed by atoms with Crippen LogP contribution in [0, 0.1) is 6.92 Å². The summed E-state index contributed by atoms with van der Waals surface area (Å²) in [6.45, 7) is 11.3. The highest BCUT2D eigenvalue weighted by Crippen LogP contribution is 2.43. The molecule has 4 heteroatoms. The SMILES string of the molecule is Cc1ccccc1-c1n(-c2c(C(C)C)cc3c(oc4cccnc43)c2C(C)C)c2ccccc2[n+]1C. The quantitative estimate of drug-likeness (QED) is 0.243. The molecule has 0 saturated carbocycles. The van der Waals surface area contributed by atoms with Crippen LogP contribution in [0.1, 0.15) is 56.2 Å². The Balaban J connectivity index is 1.87. The van der Waals surface area contributed by atoms with Crippen LogP contribution in [-0.2, 0) is 7.05 Å². The molecule has 180 valence electrons. The number of furan rings is 1. The number of imidazole rings is 1. The average molecular weight is 475 g/mol. The van der Waals surface area contributed by atoms with E-state index >= 15 is 0 Å². The molecule has 0 atom stereocenters. The third-order valence-electron chi connectivity index (χ3n) is 7.38. The molecule has 6 rings (SSSR count). The van der Waals surface area contributed by atoms with Gasteiger partial charge >= 0.3 is 0 Å². The second-order valence-electron chi connectivity index (χ2n) is 10.4. The number of aromatic nitrogens is 3. The highest BCUT2D eigenvalue weighted by molar-refractivity contribution is 6.05. The van der Waals surface area contributed by atoms with Gasteiger partial charge in [-0.2, -0.15) is 4.57 Å². The molecule has 0 saturated heterocycles. The lowest BCUT2D eigenvalue weighted by Crippen LogP contribution is -2.30. The number of pyridine rings is 1. The molecule has 4 nitrogen and oxygen atoms in total. The van der Waals surface area contributed by atoms with Gasteiger partial charge in [0.1, 0.15) is 16.8 Å². The average Bonchev–Trinajstić information content (AvgIpc) is 3.38. The molecule has 0 unspecified atom stereocenters. The summed E-state index contributed by atoms with van der Waals surface area (Å²) in [6.07, 6.45) is 1.85. The molecule has 0 N–H and O–H groups in total. The first-order valence-electron chi connectivity index (χ1n) is 12.8. The van der Waals surface area contributed by atoms with Crippen LogP contribution >= 0.6 is 0 Å². The van der Waals surface area contributed by atoms with E-state index in [0.29, 0.717) is 5.92 Å². The zero-order valence-electron chi connectivity index (χ0n) is 21.8. The number of nitrogens with zero attached hydrogens (tertiary/aromatic N) is 3. The van der Waals surface area contributed by atoms with Crippen LogP contribution in [0.2, 0.25) is 0 Å². The van der Waals surface area contributed by atoms with E-state index in [1.165, 1.54) is 44.8 Å². The summed E-state index contributed by atoms with van der Waals surface area (Å²) in [5.74, 6) is 1.73. The van der Waals surface area contributed by atoms with Gasteiger partial charge in [0.15, 0.2) is 16.6 Å². The molecule has 6 aromatic rings. The minimum atomic E-state index is 0.248. The molecular formula is C32H32N3O+. The Labute approximate surface area is 211 Å². The van der Waals surface area contributed by atoms with Crippen molar-refractivity contribution in [2.45, 2.75) is 46.5 Å². The van der Waals surface area contributed by atoms with Gasteiger partial charge in [0.2, 0.25) is 0 Å². The van der Waals surface area contributed by atoms with Gasteiger partial charge in [-0.05, 0) is 60.7 Å². The van der Waals surface area contributed by atoms with Crippen molar-refractivity contribution in [3.63, 3.8) is 0 Å². The number of para-hydroxylation sites is 2. The molecule has 0 fully saturated rings. The molecule has 0 radical (unpaired) electrons. The van der Waals surface area contributed by atoms with Crippen molar-refractivity contribution in [3.05, 3.63) is 89.6 Å². The molecule has 36 heavy (non-hydrogen) atoms. The zero-order valence-corrected chi connectivity index (χ0v) is 21.8. The Hall–Kier alpha value is -3.92. The van der Waals surface area contributed by atoms with Crippen molar-refractivity contribution in [3.8, 4) is 17.1 Å². The summed E-state index contributed by atoms with van der Waals surface area (Å²) < 4.78 is 11.4. The van der Waals surface area contributed by atoms with Gasteiger partial charge in [-0.25, -0.2) is 4.57 Å². The lowest BCUT2D eigenvalue weighted by molar-refractivity contribution is -0.633. The normalized spacial score (nSPS) is 12.1. The third-order valence-corrected chi connectivity index (χ3v) is 7.38. The standard InChI is InChI=1S/C32H32N3O/c1-19(2)23-18-24-29-27(16-11-17-33-29)36-31(24)28(20(3)4)30(23)35-26-15-10-9-14-25(26)34(6)32(35)22-13-8-7-12-21(22)5/h7-20H,1-6H3/q+1. The van der Waals surface area contributed by atoms with Crippen molar-refractivity contribution >= 4 is 33.1 Å². The van der Waals surface area contributed by atoms with Gasteiger partial charge < -0.3 is 4.42 Å².